The zero-order valence-corrected chi connectivity index (χ0v) is 9.71. The molecular weight excluding hydrogens is 206 g/mol. The molecule has 0 bridgehead atoms. The summed E-state index contributed by atoms with van der Waals surface area (Å²) in [5.41, 5.74) is 0.249. The molecule has 90 valence electrons. The van der Waals surface area contributed by atoms with Gasteiger partial charge in [-0.3, -0.25) is 9.59 Å². The van der Waals surface area contributed by atoms with E-state index in [4.69, 9.17) is 0 Å². The smallest absolute Gasteiger partial charge is 0.311 e. The molecule has 0 atom stereocenters. The molecule has 2 amide bonds. The van der Waals surface area contributed by atoms with Gasteiger partial charge >= 0.3 is 11.8 Å². The summed E-state index contributed by atoms with van der Waals surface area (Å²) >= 11 is 0. The lowest BCUT2D eigenvalue weighted by Crippen LogP contribution is -2.51. The summed E-state index contributed by atoms with van der Waals surface area (Å²) < 4.78 is 0. The maximum atomic E-state index is 11.7. The fraction of sp³-hybridized carbons (Fsp3) is 0.818. The second-order valence-electron chi connectivity index (χ2n) is 5.04. The van der Waals surface area contributed by atoms with Gasteiger partial charge in [0.25, 0.3) is 0 Å². The van der Waals surface area contributed by atoms with E-state index in [-0.39, 0.29) is 11.3 Å². The van der Waals surface area contributed by atoms with E-state index in [2.05, 4.69) is 17.6 Å². The van der Waals surface area contributed by atoms with Gasteiger partial charge in [0.15, 0.2) is 0 Å². The largest absolute Gasteiger partial charge is 0.347 e. The average Bonchev–Trinajstić information content (AvgIpc) is 3.05. The van der Waals surface area contributed by atoms with Crippen molar-refractivity contribution in [3.05, 3.63) is 0 Å². The Balaban J connectivity index is 1.76. The van der Waals surface area contributed by atoms with Crippen molar-refractivity contribution in [2.45, 2.75) is 19.8 Å². The fourth-order valence-electron chi connectivity index (χ4n) is 1.77. The number of nitrogens with zero attached hydrogens (tertiary/aromatic N) is 1. The summed E-state index contributed by atoms with van der Waals surface area (Å²) in [6.45, 7) is 5.56. The van der Waals surface area contributed by atoms with Gasteiger partial charge in [-0.25, -0.2) is 0 Å². The van der Waals surface area contributed by atoms with Crippen LogP contribution in [0.1, 0.15) is 19.8 Å². The maximum absolute atomic E-state index is 11.7. The Hall–Kier alpha value is -1.10. The van der Waals surface area contributed by atoms with E-state index in [1.165, 1.54) is 0 Å². The van der Waals surface area contributed by atoms with E-state index < -0.39 is 5.91 Å². The first-order valence-corrected chi connectivity index (χ1v) is 5.89. The van der Waals surface area contributed by atoms with E-state index in [1.807, 2.05) is 0 Å². The minimum absolute atomic E-state index is 0.249. The Morgan fingerprint density at radius 1 is 1.31 bits per heavy atom. The molecule has 1 aliphatic carbocycles. The van der Waals surface area contributed by atoms with Crippen LogP contribution in [0.3, 0.4) is 0 Å². The van der Waals surface area contributed by atoms with E-state index in [0.717, 1.165) is 25.9 Å². The zero-order chi connectivity index (χ0) is 11.6. The van der Waals surface area contributed by atoms with Crippen LogP contribution in [0.4, 0.5) is 0 Å². The number of hydrogen-bond donors (Lipinski definition) is 2. The molecule has 1 heterocycles. The topological polar surface area (TPSA) is 61.4 Å². The second-order valence-corrected chi connectivity index (χ2v) is 5.04. The molecule has 0 aromatic heterocycles. The van der Waals surface area contributed by atoms with E-state index in [0.29, 0.717) is 19.6 Å². The van der Waals surface area contributed by atoms with Gasteiger partial charge in [0.1, 0.15) is 0 Å². The molecule has 0 aromatic carbocycles. The number of piperazine rings is 1. The molecule has 16 heavy (non-hydrogen) atoms. The number of carbonyl (C=O) groups is 2. The van der Waals surface area contributed by atoms with Crippen molar-refractivity contribution in [2.24, 2.45) is 5.41 Å². The summed E-state index contributed by atoms with van der Waals surface area (Å²) in [4.78, 5) is 24.9. The highest BCUT2D eigenvalue weighted by molar-refractivity contribution is 6.35. The number of rotatable bonds is 2. The van der Waals surface area contributed by atoms with Crippen molar-refractivity contribution in [3.63, 3.8) is 0 Å². The first kappa shape index (κ1) is 11.4. The molecule has 2 fully saturated rings. The third kappa shape index (κ3) is 2.72. The minimum atomic E-state index is -0.449. The number of amides is 2. The summed E-state index contributed by atoms with van der Waals surface area (Å²) in [6.07, 6.45) is 2.30. The maximum Gasteiger partial charge on any atom is 0.311 e. The Bertz CT molecular complexity index is 294. The van der Waals surface area contributed by atoms with Gasteiger partial charge in [-0.1, -0.05) is 6.92 Å². The van der Waals surface area contributed by atoms with Gasteiger partial charge < -0.3 is 15.5 Å². The standard InChI is InChI=1S/C11H19N3O2/c1-11(2-3-11)8-13-9(15)10(16)14-6-4-12-5-7-14/h12H,2-8H2,1H3,(H,13,15). The number of nitrogens with one attached hydrogen (secondary N) is 2. The molecule has 0 spiro atoms. The van der Waals surface area contributed by atoms with E-state index in [9.17, 15) is 9.59 Å². The SMILES string of the molecule is CC1(CNC(=O)C(=O)N2CCNCC2)CC1. The van der Waals surface area contributed by atoms with Crippen LogP contribution in [-0.4, -0.2) is 49.4 Å². The van der Waals surface area contributed by atoms with Crippen LogP contribution in [0, 0.1) is 5.41 Å². The third-order valence-electron chi connectivity index (χ3n) is 3.38. The highest BCUT2D eigenvalue weighted by Crippen LogP contribution is 2.43. The predicted molar refractivity (Wildman–Crippen MR) is 59.8 cm³/mol. The Morgan fingerprint density at radius 2 is 1.94 bits per heavy atom. The first-order valence-electron chi connectivity index (χ1n) is 5.89. The lowest BCUT2D eigenvalue weighted by atomic mass is 10.1. The normalized spacial score (nSPS) is 22.7. The summed E-state index contributed by atoms with van der Waals surface area (Å²) in [6, 6.07) is 0. The predicted octanol–water partition coefficient (Wildman–Crippen LogP) is -0.665. The number of carbonyl (C=O) groups excluding carboxylic acids is 2. The highest BCUT2D eigenvalue weighted by atomic mass is 16.2. The van der Waals surface area contributed by atoms with Crippen LogP contribution in [-0.2, 0) is 9.59 Å². The lowest BCUT2D eigenvalue weighted by molar-refractivity contribution is -0.146. The van der Waals surface area contributed by atoms with Crippen LogP contribution in [0.2, 0.25) is 0 Å². The average molecular weight is 225 g/mol. The van der Waals surface area contributed by atoms with E-state index in [1.54, 1.807) is 4.90 Å². The number of hydrogen-bond acceptors (Lipinski definition) is 3. The molecule has 0 aromatic rings. The fourth-order valence-corrected chi connectivity index (χ4v) is 1.77. The van der Waals surface area contributed by atoms with Gasteiger partial charge in [-0.05, 0) is 18.3 Å². The first-order chi connectivity index (χ1) is 7.61. The second kappa shape index (κ2) is 4.41. The summed E-state index contributed by atoms with van der Waals surface area (Å²) in [5, 5.41) is 5.88. The molecule has 2 aliphatic rings. The Morgan fingerprint density at radius 3 is 2.50 bits per heavy atom. The molecule has 5 heteroatoms. The van der Waals surface area contributed by atoms with Crippen LogP contribution in [0.5, 0.6) is 0 Å². The molecular formula is C11H19N3O2. The quantitative estimate of drug-likeness (QED) is 0.613. The summed E-state index contributed by atoms with van der Waals surface area (Å²) in [7, 11) is 0. The van der Waals surface area contributed by atoms with Crippen molar-refractivity contribution >= 4 is 11.8 Å². The Labute approximate surface area is 95.6 Å². The lowest BCUT2D eigenvalue weighted by Gasteiger charge is -2.26. The van der Waals surface area contributed by atoms with E-state index >= 15 is 0 Å². The van der Waals surface area contributed by atoms with Crippen molar-refractivity contribution in [3.8, 4) is 0 Å². The Kier molecular flexibility index (Phi) is 3.14. The van der Waals surface area contributed by atoms with Crippen LogP contribution < -0.4 is 10.6 Å². The van der Waals surface area contributed by atoms with Gasteiger partial charge in [0.05, 0.1) is 0 Å². The van der Waals surface area contributed by atoms with Crippen LogP contribution in [0.25, 0.3) is 0 Å². The molecule has 1 aliphatic heterocycles. The van der Waals surface area contributed by atoms with Crippen molar-refractivity contribution < 1.29 is 9.59 Å². The highest BCUT2D eigenvalue weighted by Gasteiger charge is 2.38. The molecule has 5 nitrogen and oxygen atoms in total. The third-order valence-corrected chi connectivity index (χ3v) is 3.38. The monoisotopic (exact) mass is 225 g/mol. The molecule has 2 rings (SSSR count). The summed E-state index contributed by atoms with van der Waals surface area (Å²) in [5.74, 6) is -0.833. The van der Waals surface area contributed by atoms with Crippen LogP contribution in [0.15, 0.2) is 0 Å². The van der Waals surface area contributed by atoms with Gasteiger partial charge in [-0.2, -0.15) is 0 Å². The van der Waals surface area contributed by atoms with Crippen molar-refractivity contribution in [2.75, 3.05) is 32.7 Å². The van der Waals surface area contributed by atoms with Gasteiger partial charge in [0.2, 0.25) is 0 Å². The van der Waals surface area contributed by atoms with Crippen molar-refractivity contribution in [1.29, 1.82) is 0 Å². The van der Waals surface area contributed by atoms with Crippen molar-refractivity contribution in [1.82, 2.24) is 15.5 Å². The molecule has 1 saturated heterocycles. The molecule has 1 saturated carbocycles. The van der Waals surface area contributed by atoms with Gasteiger partial charge in [0, 0.05) is 32.7 Å². The zero-order valence-electron chi connectivity index (χ0n) is 9.71. The minimum Gasteiger partial charge on any atom is -0.347 e. The molecule has 0 unspecified atom stereocenters. The molecule has 2 N–H and O–H groups in total. The molecule has 0 radical (unpaired) electrons. The van der Waals surface area contributed by atoms with Gasteiger partial charge in [-0.15, -0.1) is 0 Å². The van der Waals surface area contributed by atoms with Crippen LogP contribution >= 0.6 is 0 Å².